The Bertz CT molecular complexity index is 615. The molecule has 2 aromatic rings. The van der Waals surface area contributed by atoms with Gasteiger partial charge in [-0.3, -0.25) is 0 Å². The molecule has 0 spiro atoms. The number of benzene rings is 2. The van der Waals surface area contributed by atoms with Crippen LogP contribution in [0.4, 0.5) is 8.78 Å². The van der Waals surface area contributed by atoms with E-state index in [1.54, 1.807) is 0 Å². The summed E-state index contributed by atoms with van der Waals surface area (Å²) in [7, 11) is 0. The standard InChI is InChI=1S/C15H13F2NO/c16-9-5-6-10(12(17)7-9)15-8-13(18)11-3-1-2-4-14(11)19-15/h1-7,13,15H,8,18H2/t13-,15?/m0/s1. The van der Waals surface area contributed by atoms with Crippen molar-refractivity contribution in [3.8, 4) is 5.75 Å². The highest BCUT2D eigenvalue weighted by Crippen LogP contribution is 2.39. The molecule has 1 heterocycles. The monoisotopic (exact) mass is 261 g/mol. The molecule has 0 saturated heterocycles. The van der Waals surface area contributed by atoms with E-state index in [0.29, 0.717) is 17.7 Å². The molecular weight excluding hydrogens is 248 g/mol. The van der Waals surface area contributed by atoms with E-state index in [9.17, 15) is 8.78 Å². The zero-order valence-electron chi connectivity index (χ0n) is 10.1. The molecular formula is C15H13F2NO. The molecule has 1 aliphatic rings. The summed E-state index contributed by atoms with van der Waals surface area (Å²) in [5, 5.41) is 0. The summed E-state index contributed by atoms with van der Waals surface area (Å²) in [6.07, 6.45) is -0.00923. The Morgan fingerprint density at radius 1 is 1.05 bits per heavy atom. The van der Waals surface area contributed by atoms with Gasteiger partial charge in [0, 0.05) is 29.7 Å². The van der Waals surface area contributed by atoms with Crippen molar-refractivity contribution in [1.82, 2.24) is 0 Å². The van der Waals surface area contributed by atoms with E-state index in [0.717, 1.165) is 11.6 Å². The van der Waals surface area contributed by atoms with Crippen LogP contribution in [-0.2, 0) is 0 Å². The minimum absolute atomic E-state index is 0.209. The van der Waals surface area contributed by atoms with Gasteiger partial charge in [-0.05, 0) is 18.2 Å². The molecule has 19 heavy (non-hydrogen) atoms. The van der Waals surface area contributed by atoms with Gasteiger partial charge in [0.05, 0.1) is 0 Å². The van der Waals surface area contributed by atoms with E-state index in [4.69, 9.17) is 10.5 Å². The quantitative estimate of drug-likeness (QED) is 0.852. The van der Waals surface area contributed by atoms with Gasteiger partial charge < -0.3 is 10.5 Å². The number of ether oxygens (including phenoxy) is 1. The summed E-state index contributed by atoms with van der Waals surface area (Å²) in [6.45, 7) is 0. The Morgan fingerprint density at radius 2 is 1.84 bits per heavy atom. The number of hydrogen-bond acceptors (Lipinski definition) is 2. The largest absolute Gasteiger partial charge is 0.485 e. The molecule has 0 fully saturated rings. The summed E-state index contributed by atoms with van der Waals surface area (Å²) in [5.74, 6) is -0.534. The normalized spacial score (nSPS) is 21.6. The minimum Gasteiger partial charge on any atom is -0.485 e. The van der Waals surface area contributed by atoms with Gasteiger partial charge in [0.25, 0.3) is 0 Å². The van der Waals surface area contributed by atoms with E-state index in [2.05, 4.69) is 0 Å². The Hall–Kier alpha value is -1.94. The smallest absolute Gasteiger partial charge is 0.133 e. The molecule has 2 atom stereocenters. The summed E-state index contributed by atoms with van der Waals surface area (Å²) in [5.41, 5.74) is 7.33. The number of rotatable bonds is 1. The molecule has 2 aromatic carbocycles. The van der Waals surface area contributed by atoms with Gasteiger partial charge in [0.15, 0.2) is 0 Å². The first-order chi connectivity index (χ1) is 9.15. The lowest BCUT2D eigenvalue weighted by Gasteiger charge is -2.30. The molecule has 98 valence electrons. The van der Waals surface area contributed by atoms with Crippen molar-refractivity contribution in [2.24, 2.45) is 5.73 Å². The van der Waals surface area contributed by atoms with Crippen LogP contribution in [-0.4, -0.2) is 0 Å². The average molecular weight is 261 g/mol. The second-order valence-corrected chi connectivity index (χ2v) is 4.65. The highest BCUT2D eigenvalue weighted by atomic mass is 19.1. The van der Waals surface area contributed by atoms with E-state index in [-0.39, 0.29) is 6.04 Å². The molecule has 2 N–H and O–H groups in total. The first-order valence-corrected chi connectivity index (χ1v) is 6.11. The third kappa shape index (κ3) is 2.19. The predicted molar refractivity (Wildman–Crippen MR) is 67.7 cm³/mol. The molecule has 1 unspecified atom stereocenters. The third-order valence-electron chi connectivity index (χ3n) is 3.37. The molecule has 4 heteroatoms. The van der Waals surface area contributed by atoms with Gasteiger partial charge >= 0.3 is 0 Å². The number of fused-ring (bicyclic) bond motifs is 1. The second-order valence-electron chi connectivity index (χ2n) is 4.65. The maximum Gasteiger partial charge on any atom is 0.133 e. The number of para-hydroxylation sites is 1. The molecule has 0 saturated carbocycles. The topological polar surface area (TPSA) is 35.2 Å². The minimum atomic E-state index is -0.600. The molecule has 0 bridgehead atoms. The van der Waals surface area contributed by atoms with E-state index in [1.165, 1.54) is 12.1 Å². The molecule has 0 aromatic heterocycles. The van der Waals surface area contributed by atoms with Gasteiger partial charge in [-0.25, -0.2) is 8.78 Å². The highest BCUT2D eigenvalue weighted by Gasteiger charge is 2.28. The lowest BCUT2D eigenvalue weighted by atomic mass is 9.93. The van der Waals surface area contributed by atoms with Gasteiger partial charge in [0.1, 0.15) is 23.5 Å². The second kappa shape index (κ2) is 4.63. The Morgan fingerprint density at radius 3 is 2.63 bits per heavy atom. The van der Waals surface area contributed by atoms with E-state index >= 15 is 0 Å². The Kier molecular flexibility index (Phi) is 2.95. The summed E-state index contributed by atoms with van der Waals surface area (Å²) in [6, 6.07) is 10.7. The highest BCUT2D eigenvalue weighted by molar-refractivity contribution is 5.39. The van der Waals surface area contributed by atoms with Crippen molar-refractivity contribution < 1.29 is 13.5 Å². The number of nitrogens with two attached hydrogens (primary N) is 1. The van der Waals surface area contributed by atoms with Crippen molar-refractivity contribution in [3.05, 3.63) is 65.2 Å². The van der Waals surface area contributed by atoms with Crippen LogP contribution < -0.4 is 10.5 Å². The van der Waals surface area contributed by atoms with Crippen LogP contribution in [0.5, 0.6) is 5.75 Å². The molecule has 0 aliphatic carbocycles. The van der Waals surface area contributed by atoms with E-state index < -0.39 is 17.7 Å². The van der Waals surface area contributed by atoms with Crippen molar-refractivity contribution in [1.29, 1.82) is 0 Å². The first-order valence-electron chi connectivity index (χ1n) is 6.11. The molecule has 3 rings (SSSR count). The SMILES string of the molecule is N[C@H]1CC(c2ccc(F)cc2F)Oc2ccccc21. The predicted octanol–water partition coefficient (Wildman–Crippen LogP) is 3.49. The van der Waals surface area contributed by atoms with Gasteiger partial charge in [-0.2, -0.15) is 0 Å². The van der Waals surface area contributed by atoms with Crippen LogP contribution in [0.25, 0.3) is 0 Å². The zero-order chi connectivity index (χ0) is 13.4. The van der Waals surface area contributed by atoms with Crippen LogP contribution in [0.3, 0.4) is 0 Å². The van der Waals surface area contributed by atoms with Gasteiger partial charge in [0.2, 0.25) is 0 Å². The maximum absolute atomic E-state index is 13.8. The van der Waals surface area contributed by atoms with Crippen LogP contribution in [0.15, 0.2) is 42.5 Å². The molecule has 1 aliphatic heterocycles. The first kappa shape index (κ1) is 12.1. The molecule has 0 radical (unpaired) electrons. The number of halogens is 2. The maximum atomic E-state index is 13.8. The fourth-order valence-electron chi connectivity index (χ4n) is 2.41. The fraction of sp³-hybridized carbons (Fsp3) is 0.200. The Labute approximate surface area is 109 Å². The van der Waals surface area contributed by atoms with Gasteiger partial charge in [-0.15, -0.1) is 0 Å². The molecule has 2 nitrogen and oxygen atoms in total. The zero-order valence-corrected chi connectivity index (χ0v) is 10.1. The van der Waals surface area contributed by atoms with E-state index in [1.807, 2.05) is 24.3 Å². The van der Waals surface area contributed by atoms with Crippen LogP contribution in [0, 0.1) is 11.6 Å². The van der Waals surface area contributed by atoms with Crippen molar-refractivity contribution >= 4 is 0 Å². The lowest BCUT2D eigenvalue weighted by Crippen LogP contribution is -2.24. The van der Waals surface area contributed by atoms with Crippen molar-refractivity contribution in [2.75, 3.05) is 0 Å². The number of hydrogen-bond donors (Lipinski definition) is 1. The average Bonchev–Trinajstić information content (AvgIpc) is 2.38. The van der Waals surface area contributed by atoms with Crippen molar-refractivity contribution in [2.45, 2.75) is 18.6 Å². The summed E-state index contributed by atoms with van der Waals surface area (Å²) < 4.78 is 32.5. The lowest BCUT2D eigenvalue weighted by molar-refractivity contribution is 0.157. The molecule has 0 amide bonds. The Balaban J connectivity index is 1.97. The van der Waals surface area contributed by atoms with Gasteiger partial charge in [-0.1, -0.05) is 18.2 Å². The fourth-order valence-corrected chi connectivity index (χ4v) is 2.41. The summed E-state index contributed by atoms with van der Waals surface area (Å²) >= 11 is 0. The summed E-state index contributed by atoms with van der Waals surface area (Å²) in [4.78, 5) is 0. The van der Waals surface area contributed by atoms with Crippen molar-refractivity contribution in [3.63, 3.8) is 0 Å². The van der Waals surface area contributed by atoms with Crippen LogP contribution >= 0.6 is 0 Å². The van der Waals surface area contributed by atoms with Crippen LogP contribution in [0.1, 0.15) is 29.7 Å². The van der Waals surface area contributed by atoms with Crippen LogP contribution in [0.2, 0.25) is 0 Å². The third-order valence-corrected chi connectivity index (χ3v) is 3.37.